The van der Waals surface area contributed by atoms with Crippen molar-refractivity contribution in [2.75, 3.05) is 25.1 Å². The predicted octanol–water partition coefficient (Wildman–Crippen LogP) is 4.22. The van der Waals surface area contributed by atoms with Crippen LogP contribution in [0.5, 0.6) is 5.75 Å². The Morgan fingerprint density at radius 2 is 1.92 bits per heavy atom. The van der Waals surface area contributed by atoms with Gasteiger partial charge >= 0.3 is 6.18 Å². The lowest BCUT2D eigenvalue weighted by atomic mass is 9.95. The average molecular weight is 352 g/mol. The van der Waals surface area contributed by atoms with Gasteiger partial charge in [-0.25, -0.2) is 0 Å². The first-order valence-electron chi connectivity index (χ1n) is 8.10. The molecule has 0 saturated carbocycles. The normalized spacial score (nSPS) is 16.3. The van der Waals surface area contributed by atoms with E-state index in [1.165, 1.54) is 20.2 Å². The summed E-state index contributed by atoms with van der Waals surface area (Å²) in [6, 6.07) is 5.30. The highest BCUT2D eigenvalue weighted by molar-refractivity contribution is 6.00. The van der Waals surface area contributed by atoms with E-state index in [1.807, 2.05) is 4.90 Å². The number of hydrogen-bond acceptors (Lipinski definition) is 4. The van der Waals surface area contributed by atoms with Crippen molar-refractivity contribution in [3.63, 3.8) is 0 Å². The van der Waals surface area contributed by atoms with Crippen LogP contribution in [-0.2, 0) is 0 Å². The molecule has 0 atom stereocenters. The Morgan fingerprint density at radius 3 is 2.48 bits per heavy atom. The van der Waals surface area contributed by atoms with Crippen LogP contribution in [-0.4, -0.2) is 37.1 Å². The van der Waals surface area contributed by atoms with Crippen LogP contribution in [0.3, 0.4) is 0 Å². The zero-order chi connectivity index (χ0) is 18.2. The van der Waals surface area contributed by atoms with E-state index in [9.17, 15) is 18.0 Å². The number of piperidine rings is 1. The van der Waals surface area contributed by atoms with Crippen LogP contribution in [0.1, 0.15) is 30.1 Å². The van der Waals surface area contributed by atoms with Gasteiger partial charge in [0.05, 0.1) is 24.2 Å². The molecule has 1 aliphatic heterocycles. The van der Waals surface area contributed by atoms with Crippen LogP contribution in [0, 0.1) is 5.92 Å². The quantitative estimate of drug-likeness (QED) is 0.776. The molecule has 3 rings (SSSR count). The Bertz CT molecular complexity index is 797. The summed E-state index contributed by atoms with van der Waals surface area (Å²) >= 11 is 0. The van der Waals surface area contributed by atoms with Gasteiger partial charge in [0.25, 0.3) is 0 Å². The largest absolute Gasteiger partial charge is 0.497 e. The maximum absolute atomic E-state index is 12.9. The molecule has 0 amide bonds. The lowest BCUT2D eigenvalue weighted by Gasteiger charge is -2.34. The van der Waals surface area contributed by atoms with Gasteiger partial charge < -0.3 is 9.64 Å². The number of alkyl halides is 3. The Morgan fingerprint density at radius 1 is 1.24 bits per heavy atom. The first-order chi connectivity index (χ1) is 11.8. The number of pyridine rings is 1. The number of fused-ring (bicyclic) bond motifs is 1. The Kier molecular flexibility index (Phi) is 4.58. The molecule has 1 aliphatic rings. The highest BCUT2D eigenvalue weighted by atomic mass is 19.4. The van der Waals surface area contributed by atoms with Gasteiger partial charge in [-0.3, -0.25) is 9.78 Å². The monoisotopic (exact) mass is 352 g/mol. The van der Waals surface area contributed by atoms with Crippen LogP contribution in [0.4, 0.5) is 18.9 Å². The van der Waals surface area contributed by atoms with Crippen molar-refractivity contribution in [1.29, 1.82) is 0 Å². The van der Waals surface area contributed by atoms with Gasteiger partial charge in [0, 0.05) is 36.3 Å². The van der Waals surface area contributed by atoms with Crippen LogP contribution in [0.15, 0.2) is 24.4 Å². The summed E-state index contributed by atoms with van der Waals surface area (Å²) in [6.45, 7) is 2.08. The van der Waals surface area contributed by atoms with Crippen LogP contribution < -0.4 is 9.64 Å². The molecule has 0 unspecified atom stereocenters. The fourth-order valence-electron chi connectivity index (χ4n) is 3.20. The molecule has 1 aromatic carbocycles. The third-order valence-corrected chi connectivity index (χ3v) is 4.68. The van der Waals surface area contributed by atoms with Gasteiger partial charge in [-0.05, 0) is 31.9 Å². The number of anilines is 1. The molecule has 2 heterocycles. The third kappa shape index (κ3) is 3.55. The van der Waals surface area contributed by atoms with E-state index < -0.39 is 12.1 Å². The van der Waals surface area contributed by atoms with Crippen molar-refractivity contribution in [3.8, 4) is 5.75 Å². The maximum Gasteiger partial charge on any atom is 0.391 e. The average Bonchev–Trinajstić information content (AvgIpc) is 2.59. The summed E-state index contributed by atoms with van der Waals surface area (Å²) in [5, 5.41) is 0.736. The Balaban J connectivity index is 1.97. The summed E-state index contributed by atoms with van der Waals surface area (Å²) in [5.41, 5.74) is 1.89. The Labute approximate surface area is 143 Å². The number of ether oxygens (including phenoxy) is 1. The number of hydrogen-bond donors (Lipinski definition) is 0. The van der Waals surface area contributed by atoms with E-state index >= 15 is 0 Å². The maximum atomic E-state index is 12.9. The molecule has 1 aromatic heterocycles. The molecule has 25 heavy (non-hydrogen) atoms. The van der Waals surface area contributed by atoms with E-state index in [0.717, 1.165) is 11.1 Å². The Hall–Kier alpha value is -2.31. The summed E-state index contributed by atoms with van der Waals surface area (Å²) in [4.78, 5) is 17.9. The summed E-state index contributed by atoms with van der Waals surface area (Å²) < 4.78 is 43.9. The van der Waals surface area contributed by atoms with E-state index in [4.69, 9.17) is 4.74 Å². The van der Waals surface area contributed by atoms with E-state index in [2.05, 4.69) is 4.98 Å². The fraction of sp³-hybridized carbons (Fsp3) is 0.444. The molecule has 4 nitrogen and oxygen atoms in total. The molecule has 0 radical (unpaired) electrons. The van der Waals surface area contributed by atoms with Crippen LogP contribution in [0.2, 0.25) is 0 Å². The van der Waals surface area contributed by atoms with Crippen molar-refractivity contribution in [3.05, 3.63) is 30.0 Å². The second-order valence-electron chi connectivity index (χ2n) is 6.30. The first-order valence-corrected chi connectivity index (χ1v) is 8.10. The second kappa shape index (κ2) is 6.54. The first kappa shape index (κ1) is 17.5. The lowest BCUT2D eigenvalue weighted by Crippen LogP contribution is -2.39. The third-order valence-electron chi connectivity index (χ3n) is 4.68. The minimum Gasteiger partial charge on any atom is -0.497 e. The van der Waals surface area contributed by atoms with Crippen molar-refractivity contribution in [2.45, 2.75) is 25.9 Å². The zero-order valence-electron chi connectivity index (χ0n) is 14.1. The van der Waals surface area contributed by atoms with Gasteiger partial charge in [-0.2, -0.15) is 13.2 Å². The number of aromatic nitrogens is 1. The van der Waals surface area contributed by atoms with E-state index in [0.29, 0.717) is 29.9 Å². The van der Waals surface area contributed by atoms with E-state index in [1.54, 1.807) is 18.2 Å². The molecule has 2 aromatic rings. The molecule has 0 N–H and O–H groups in total. The number of halogens is 3. The second-order valence-corrected chi connectivity index (χ2v) is 6.30. The van der Waals surface area contributed by atoms with Gasteiger partial charge in [0.2, 0.25) is 0 Å². The SMILES string of the molecule is COc1cc(N2CCC(C(F)(F)F)CC2)c2ncc(C(C)=O)cc2c1. The van der Waals surface area contributed by atoms with Crippen molar-refractivity contribution >= 4 is 22.4 Å². The predicted molar refractivity (Wildman–Crippen MR) is 89.3 cm³/mol. The molecular weight excluding hydrogens is 333 g/mol. The van der Waals surface area contributed by atoms with Crippen LogP contribution in [0.25, 0.3) is 10.9 Å². The van der Waals surface area contributed by atoms with E-state index in [-0.39, 0.29) is 18.6 Å². The molecule has 1 fully saturated rings. The number of carbonyl (C=O) groups is 1. The molecule has 0 spiro atoms. The minimum absolute atomic E-state index is 0.0632. The van der Waals surface area contributed by atoms with Gasteiger partial charge in [0.1, 0.15) is 5.75 Å². The number of methoxy groups -OCH3 is 1. The van der Waals surface area contributed by atoms with Crippen molar-refractivity contribution in [1.82, 2.24) is 4.98 Å². The number of rotatable bonds is 3. The summed E-state index contributed by atoms with van der Waals surface area (Å²) in [5.74, 6) is -0.759. The summed E-state index contributed by atoms with van der Waals surface area (Å²) in [7, 11) is 1.53. The topological polar surface area (TPSA) is 42.4 Å². The van der Waals surface area contributed by atoms with Crippen LogP contribution >= 0.6 is 0 Å². The molecule has 0 aliphatic carbocycles. The number of benzene rings is 1. The molecule has 0 bridgehead atoms. The zero-order valence-corrected chi connectivity index (χ0v) is 14.1. The lowest BCUT2D eigenvalue weighted by molar-refractivity contribution is -0.179. The molecule has 1 saturated heterocycles. The highest BCUT2D eigenvalue weighted by Gasteiger charge is 2.41. The molecule has 7 heteroatoms. The fourth-order valence-corrected chi connectivity index (χ4v) is 3.20. The highest BCUT2D eigenvalue weighted by Crippen LogP contribution is 2.38. The van der Waals surface area contributed by atoms with Gasteiger partial charge in [-0.1, -0.05) is 0 Å². The van der Waals surface area contributed by atoms with Crippen molar-refractivity contribution in [2.24, 2.45) is 5.92 Å². The standard InChI is InChI=1S/C18H19F3N2O2/c1-11(24)13-7-12-8-15(25-2)9-16(17(12)22-10-13)23-5-3-14(4-6-23)18(19,20)21/h7-10,14H,3-6H2,1-2H3. The van der Waals surface area contributed by atoms with Gasteiger partial charge in [0.15, 0.2) is 5.78 Å². The number of nitrogens with zero attached hydrogens (tertiary/aromatic N) is 2. The number of carbonyl (C=O) groups excluding carboxylic acids is 1. The number of ketones is 1. The van der Waals surface area contributed by atoms with Gasteiger partial charge in [-0.15, -0.1) is 0 Å². The van der Waals surface area contributed by atoms with Crippen molar-refractivity contribution < 1.29 is 22.7 Å². The smallest absolute Gasteiger partial charge is 0.391 e. The minimum atomic E-state index is -4.14. The number of Topliss-reactive ketones (excluding diaryl/α,β-unsaturated/α-hetero) is 1. The molecular formula is C18H19F3N2O2. The summed E-state index contributed by atoms with van der Waals surface area (Å²) in [6.07, 6.45) is -2.51. The molecule has 134 valence electrons.